The number of nitrogens with zero attached hydrogens (tertiary/aromatic N) is 2. The molecule has 1 aliphatic heterocycles. The number of aromatic nitrogens is 1. The summed E-state index contributed by atoms with van der Waals surface area (Å²) in [6.45, 7) is 2.60. The van der Waals surface area contributed by atoms with Crippen LogP contribution < -0.4 is 0 Å². The van der Waals surface area contributed by atoms with Crippen molar-refractivity contribution in [1.82, 2.24) is 9.88 Å². The third kappa shape index (κ3) is 4.90. The van der Waals surface area contributed by atoms with E-state index in [1.165, 1.54) is 61.5 Å². The van der Waals surface area contributed by atoms with Gasteiger partial charge in [-0.2, -0.15) is 0 Å². The molecule has 118 valence electrons. The summed E-state index contributed by atoms with van der Waals surface area (Å²) < 4.78 is 0. The van der Waals surface area contributed by atoms with Crippen molar-refractivity contribution >= 4 is 34.4 Å². The van der Waals surface area contributed by atoms with Crippen LogP contribution in [0.4, 0.5) is 0 Å². The molecule has 0 N–H and O–H groups in total. The smallest absolute Gasteiger partial charge is 0.0967 e. The Bertz CT molecular complexity index is 582. The van der Waals surface area contributed by atoms with Crippen LogP contribution in [0.2, 0.25) is 0 Å². The lowest BCUT2D eigenvalue weighted by molar-refractivity contribution is 0.344. The lowest BCUT2D eigenvalue weighted by atomic mass is 10.2. The van der Waals surface area contributed by atoms with Crippen LogP contribution in [0, 0.1) is 0 Å². The Morgan fingerprint density at radius 1 is 1.05 bits per heavy atom. The largest absolute Gasteiger partial charge is 0.293 e. The van der Waals surface area contributed by atoms with Crippen molar-refractivity contribution in [1.29, 1.82) is 0 Å². The van der Waals surface area contributed by atoms with Gasteiger partial charge in [-0.3, -0.25) is 4.90 Å². The molecule has 0 bridgehead atoms. The van der Waals surface area contributed by atoms with E-state index in [0.717, 1.165) is 10.5 Å². The SMILES string of the molecule is c1ccc2nc(SCCCCCCN3CCSC3)ccc2c1. The summed E-state index contributed by atoms with van der Waals surface area (Å²) in [7, 11) is 0. The normalized spacial score (nSPS) is 15.6. The molecule has 3 rings (SSSR count). The molecule has 1 saturated heterocycles. The minimum absolute atomic E-state index is 1.11. The molecule has 2 heterocycles. The molecule has 4 heteroatoms. The molecular formula is C18H24N2S2. The molecular weight excluding hydrogens is 308 g/mol. The van der Waals surface area contributed by atoms with Crippen LogP contribution in [-0.4, -0.2) is 40.4 Å². The number of benzene rings is 1. The van der Waals surface area contributed by atoms with Crippen molar-refractivity contribution in [2.24, 2.45) is 0 Å². The van der Waals surface area contributed by atoms with Gasteiger partial charge in [-0.25, -0.2) is 4.98 Å². The topological polar surface area (TPSA) is 16.1 Å². The highest BCUT2D eigenvalue weighted by Gasteiger charge is 2.10. The van der Waals surface area contributed by atoms with E-state index in [4.69, 9.17) is 4.98 Å². The minimum atomic E-state index is 1.11. The fourth-order valence-corrected chi connectivity index (χ4v) is 4.64. The predicted octanol–water partition coefficient (Wildman–Crippen LogP) is 4.89. The molecule has 2 nitrogen and oxygen atoms in total. The first-order chi connectivity index (χ1) is 10.9. The molecule has 0 unspecified atom stereocenters. The van der Waals surface area contributed by atoms with Crippen LogP contribution in [0.5, 0.6) is 0 Å². The summed E-state index contributed by atoms with van der Waals surface area (Å²) >= 11 is 3.96. The summed E-state index contributed by atoms with van der Waals surface area (Å²) in [5.41, 5.74) is 1.11. The lowest BCUT2D eigenvalue weighted by Gasteiger charge is -2.12. The molecule has 22 heavy (non-hydrogen) atoms. The number of para-hydroxylation sites is 1. The zero-order valence-electron chi connectivity index (χ0n) is 13.0. The highest BCUT2D eigenvalue weighted by atomic mass is 32.2. The quantitative estimate of drug-likeness (QED) is 0.505. The molecule has 0 aliphatic carbocycles. The van der Waals surface area contributed by atoms with E-state index < -0.39 is 0 Å². The van der Waals surface area contributed by atoms with Crippen molar-refractivity contribution in [2.45, 2.75) is 30.7 Å². The highest BCUT2D eigenvalue weighted by Crippen LogP contribution is 2.21. The van der Waals surface area contributed by atoms with Crippen LogP contribution in [0.3, 0.4) is 0 Å². The monoisotopic (exact) mass is 332 g/mol. The second-order valence-corrected chi connectivity index (χ2v) is 7.95. The van der Waals surface area contributed by atoms with Gasteiger partial charge in [0.05, 0.1) is 10.5 Å². The van der Waals surface area contributed by atoms with Gasteiger partial charge >= 0.3 is 0 Å². The van der Waals surface area contributed by atoms with Crippen molar-refractivity contribution in [3.8, 4) is 0 Å². The Labute approximate surface area is 142 Å². The first kappa shape index (κ1) is 16.2. The first-order valence-corrected chi connectivity index (χ1v) is 10.3. The summed E-state index contributed by atoms with van der Waals surface area (Å²) in [6.07, 6.45) is 5.38. The fraction of sp³-hybridized carbons (Fsp3) is 0.500. The number of rotatable bonds is 8. The van der Waals surface area contributed by atoms with E-state index in [0.29, 0.717) is 0 Å². The Morgan fingerprint density at radius 3 is 2.86 bits per heavy atom. The van der Waals surface area contributed by atoms with Crippen LogP contribution in [-0.2, 0) is 0 Å². The second-order valence-electron chi connectivity index (χ2n) is 5.76. The van der Waals surface area contributed by atoms with Crippen molar-refractivity contribution in [3.63, 3.8) is 0 Å². The van der Waals surface area contributed by atoms with E-state index in [1.807, 2.05) is 11.8 Å². The van der Waals surface area contributed by atoms with Gasteiger partial charge in [0.25, 0.3) is 0 Å². The number of pyridine rings is 1. The van der Waals surface area contributed by atoms with Gasteiger partial charge in [0, 0.05) is 23.6 Å². The third-order valence-electron chi connectivity index (χ3n) is 4.02. The maximum atomic E-state index is 4.72. The molecule has 0 spiro atoms. The van der Waals surface area contributed by atoms with Crippen LogP contribution in [0.1, 0.15) is 25.7 Å². The molecule has 1 aromatic carbocycles. The molecule has 1 aliphatic rings. The summed E-state index contributed by atoms with van der Waals surface area (Å²) in [4.78, 5) is 7.30. The molecule has 1 aromatic heterocycles. The van der Waals surface area contributed by atoms with E-state index in [-0.39, 0.29) is 0 Å². The number of hydrogen-bond donors (Lipinski definition) is 0. The molecule has 2 aromatic rings. The number of thioether (sulfide) groups is 2. The summed E-state index contributed by atoms with van der Waals surface area (Å²) in [5.74, 6) is 3.77. The van der Waals surface area contributed by atoms with E-state index in [9.17, 15) is 0 Å². The maximum Gasteiger partial charge on any atom is 0.0967 e. The highest BCUT2D eigenvalue weighted by molar-refractivity contribution is 7.99. The third-order valence-corrected chi connectivity index (χ3v) is 6.05. The standard InChI is InChI=1S/C18H24N2S2/c1(5-11-20-12-14-21-15-20)2-6-13-22-18-10-9-16-7-3-4-8-17(16)19-18/h3-4,7-10H,1-2,5-6,11-15H2. The average molecular weight is 333 g/mol. The van der Waals surface area contributed by atoms with Gasteiger partial charge in [0.2, 0.25) is 0 Å². The van der Waals surface area contributed by atoms with Crippen molar-refractivity contribution in [3.05, 3.63) is 36.4 Å². The fourth-order valence-electron chi connectivity index (χ4n) is 2.72. The predicted molar refractivity (Wildman–Crippen MR) is 99.8 cm³/mol. The Hall–Kier alpha value is -0.710. The van der Waals surface area contributed by atoms with Gasteiger partial charge in [-0.15, -0.1) is 23.5 Å². The first-order valence-electron chi connectivity index (χ1n) is 8.20. The molecule has 0 radical (unpaired) electrons. The average Bonchev–Trinajstić information content (AvgIpc) is 3.07. The Balaban J connectivity index is 1.30. The van der Waals surface area contributed by atoms with E-state index in [1.54, 1.807) is 0 Å². The summed E-state index contributed by atoms with van der Waals surface area (Å²) in [5, 5.41) is 2.39. The van der Waals surface area contributed by atoms with Crippen molar-refractivity contribution in [2.75, 3.05) is 30.5 Å². The number of hydrogen-bond acceptors (Lipinski definition) is 4. The van der Waals surface area contributed by atoms with Crippen molar-refractivity contribution < 1.29 is 0 Å². The van der Waals surface area contributed by atoms with Gasteiger partial charge in [0.15, 0.2) is 0 Å². The number of unbranched alkanes of at least 4 members (excludes halogenated alkanes) is 3. The number of fused-ring (bicyclic) bond motifs is 1. The zero-order valence-corrected chi connectivity index (χ0v) is 14.7. The molecule has 0 saturated carbocycles. The Morgan fingerprint density at radius 2 is 1.95 bits per heavy atom. The van der Waals surface area contributed by atoms with Gasteiger partial charge < -0.3 is 0 Å². The maximum absolute atomic E-state index is 4.72. The van der Waals surface area contributed by atoms with Crippen LogP contribution in [0.15, 0.2) is 41.4 Å². The second kappa shape index (κ2) is 8.80. The van der Waals surface area contributed by atoms with E-state index in [2.05, 4.69) is 53.1 Å². The van der Waals surface area contributed by atoms with Gasteiger partial charge in [-0.05, 0) is 37.3 Å². The van der Waals surface area contributed by atoms with Gasteiger partial charge in [-0.1, -0.05) is 37.1 Å². The van der Waals surface area contributed by atoms with Gasteiger partial charge in [0.1, 0.15) is 0 Å². The molecule has 0 atom stereocenters. The van der Waals surface area contributed by atoms with Crippen LogP contribution in [0.25, 0.3) is 10.9 Å². The molecule has 1 fully saturated rings. The van der Waals surface area contributed by atoms with E-state index >= 15 is 0 Å². The van der Waals surface area contributed by atoms with Crippen LogP contribution >= 0.6 is 23.5 Å². The summed E-state index contributed by atoms with van der Waals surface area (Å²) in [6, 6.07) is 12.7. The Kier molecular flexibility index (Phi) is 6.46. The molecule has 0 amide bonds. The minimum Gasteiger partial charge on any atom is -0.293 e. The zero-order chi connectivity index (χ0) is 15.0. The lowest BCUT2D eigenvalue weighted by Crippen LogP contribution is -2.20.